The summed E-state index contributed by atoms with van der Waals surface area (Å²) in [7, 11) is 1.63. The maximum absolute atomic E-state index is 10.8. The predicted octanol–water partition coefficient (Wildman–Crippen LogP) is 4.67. The molecule has 1 aliphatic rings. The Bertz CT molecular complexity index is 709. The number of benzene rings is 2. The van der Waals surface area contributed by atoms with Crippen molar-refractivity contribution in [2.45, 2.75) is 19.3 Å². The number of halogens is 1. The summed E-state index contributed by atoms with van der Waals surface area (Å²) < 4.78 is 5.25. The van der Waals surface area contributed by atoms with Crippen LogP contribution in [0.4, 0.5) is 0 Å². The summed E-state index contributed by atoms with van der Waals surface area (Å²) in [6.45, 7) is 0. The molecule has 1 fully saturated rings. The number of hydrogen-bond donors (Lipinski definition) is 1. The monoisotopic (exact) mass is 330 g/mol. The summed E-state index contributed by atoms with van der Waals surface area (Å²) in [4.78, 5) is 10.8. The molecule has 0 aliphatic heterocycles. The van der Waals surface area contributed by atoms with Gasteiger partial charge in [0.25, 0.3) is 0 Å². The SMILES string of the molecule is COc1cc(Cl)cc(-c2ccc(CCC3CC3C(=O)O)cc2)c1. The molecule has 0 saturated heterocycles. The van der Waals surface area contributed by atoms with Crippen LogP contribution in [0.15, 0.2) is 42.5 Å². The van der Waals surface area contributed by atoms with E-state index in [1.165, 1.54) is 5.56 Å². The molecule has 0 aromatic heterocycles. The van der Waals surface area contributed by atoms with E-state index in [9.17, 15) is 4.79 Å². The Morgan fingerprint density at radius 3 is 2.57 bits per heavy atom. The minimum atomic E-state index is -0.653. The smallest absolute Gasteiger partial charge is 0.306 e. The second-order valence-corrected chi connectivity index (χ2v) is 6.49. The fourth-order valence-corrected chi connectivity index (χ4v) is 3.16. The molecule has 0 heterocycles. The first-order valence-corrected chi connectivity index (χ1v) is 8.11. The zero-order valence-electron chi connectivity index (χ0n) is 13.0. The number of carboxylic acids is 1. The average molecular weight is 331 g/mol. The van der Waals surface area contributed by atoms with Crippen molar-refractivity contribution in [3.8, 4) is 16.9 Å². The highest BCUT2D eigenvalue weighted by atomic mass is 35.5. The number of carboxylic acid groups (broad SMARTS) is 1. The summed E-state index contributed by atoms with van der Waals surface area (Å²) >= 11 is 6.11. The molecule has 2 aromatic carbocycles. The molecule has 1 aliphatic carbocycles. The highest BCUT2D eigenvalue weighted by Crippen LogP contribution is 2.42. The van der Waals surface area contributed by atoms with E-state index in [2.05, 4.69) is 24.3 Å². The highest BCUT2D eigenvalue weighted by Gasteiger charge is 2.42. The van der Waals surface area contributed by atoms with Gasteiger partial charge in [-0.2, -0.15) is 0 Å². The molecule has 0 radical (unpaired) electrons. The number of methoxy groups -OCH3 is 1. The summed E-state index contributed by atoms with van der Waals surface area (Å²) in [6.07, 6.45) is 2.70. The van der Waals surface area contributed by atoms with Gasteiger partial charge >= 0.3 is 5.97 Å². The number of aryl methyl sites for hydroxylation is 1. The topological polar surface area (TPSA) is 46.5 Å². The van der Waals surface area contributed by atoms with Crippen molar-refractivity contribution in [3.63, 3.8) is 0 Å². The normalized spacial score (nSPS) is 19.4. The van der Waals surface area contributed by atoms with Crippen molar-refractivity contribution >= 4 is 17.6 Å². The van der Waals surface area contributed by atoms with Crippen molar-refractivity contribution in [2.75, 3.05) is 7.11 Å². The molecule has 0 spiro atoms. The quantitative estimate of drug-likeness (QED) is 0.837. The summed E-state index contributed by atoms with van der Waals surface area (Å²) in [6, 6.07) is 14.0. The van der Waals surface area contributed by atoms with E-state index in [1.54, 1.807) is 13.2 Å². The standard InChI is InChI=1S/C19H19ClO3/c1-23-17-9-15(8-16(20)11-17)13-5-2-12(3-6-13)4-7-14-10-18(14)19(21)22/h2-3,5-6,8-9,11,14,18H,4,7,10H2,1H3,(H,21,22). The maximum Gasteiger partial charge on any atom is 0.306 e. The molecular weight excluding hydrogens is 312 g/mol. The minimum Gasteiger partial charge on any atom is -0.497 e. The first-order chi connectivity index (χ1) is 11.1. The van der Waals surface area contributed by atoms with E-state index in [4.69, 9.17) is 21.4 Å². The van der Waals surface area contributed by atoms with Crippen LogP contribution >= 0.6 is 11.6 Å². The lowest BCUT2D eigenvalue weighted by Gasteiger charge is -2.07. The maximum atomic E-state index is 10.8. The predicted molar refractivity (Wildman–Crippen MR) is 91.0 cm³/mol. The van der Waals surface area contributed by atoms with Crippen LogP contribution in [0.3, 0.4) is 0 Å². The van der Waals surface area contributed by atoms with E-state index in [-0.39, 0.29) is 5.92 Å². The first kappa shape index (κ1) is 15.9. The van der Waals surface area contributed by atoms with Crippen LogP contribution in [0.5, 0.6) is 5.75 Å². The fourth-order valence-electron chi connectivity index (χ4n) is 2.93. The molecule has 2 aromatic rings. The van der Waals surface area contributed by atoms with Crippen LogP contribution in [0, 0.1) is 11.8 Å². The van der Waals surface area contributed by atoms with Gasteiger partial charge in [-0.05, 0) is 60.1 Å². The number of rotatable bonds is 6. The second kappa shape index (κ2) is 6.63. The van der Waals surface area contributed by atoms with Crippen molar-refractivity contribution in [1.82, 2.24) is 0 Å². The Balaban J connectivity index is 1.65. The van der Waals surface area contributed by atoms with E-state index in [0.29, 0.717) is 10.9 Å². The molecule has 3 rings (SSSR count). The third-order valence-electron chi connectivity index (χ3n) is 4.44. The van der Waals surface area contributed by atoms with Gasteiger partial charge < -0.3 is 9.84 Å². The molecule has 1 saturated carbocycles. The zero-order chi connectivity index (χ0) is 16.4. The number of ether oxygens (including phenoxy) is 1. The van der Waals surface area contributed by atoms with E-state index in [0.717, 1.165) is 36.1 Å². The van der Waals surface area contributed by atoms with Gasteiger partial charge in [0.05, 0.1) is 13.0 Å². The van der Waals surface area contributed by atoms with Crippen molar-refractivity contribution < 1.29 is 14.6 Å². The van der Waals surface area contributed by atoms with Crippen LogP contribution in [-0.4, -0.2) is 18.2 Å². The Morgan fingerprint density at radius 1 is 1.22 bits per heavy atom. The number of hydrogen-bond acceptors (Lipinski definition) is 2. The molecule has 0 amide bonds. The zero-order valence-corrected chi connectivity index (χ0v) is 13.7. The number of carbonyl (C=O) groups is 1. The number of aliphatic carboxylic acids is 1. The lowest BCUT2D eigenvalue weighted by Crippen LogP contribution is -2.00. The van der Waals surface area contributed by atoms with Gasteiger partial charge in [-0.25, -0.2) is 0 Å². The molecule has 2 unspecified atom stereocenters. The summed E-state index contributed by atoms with van der Waals surface area (Å²) in [5.41, 5.74) is 3.34. The van der Waals surface area contributed by atoms with Crippen LogP contribution < -0.4 is 4.74 Å². The van der Waals surface area contributed by atoms with Gasteiger partial charge in [-0.1, -0.05) is 35.9 Å². The van der Waals surface area contributed by atoms with E-state index in [1.807, 2.05) is 12.1 Å². The average Bonchev–Trinajstić information content (AvgIpc) is 3.33. The Labute approximate surface area is 140 Å². The molecule has 23 heavy (non-hydrogen) atoms. The summed E-state index contributed by atoms with van der Waals surface area (Å²) in [5, 5.41) is 9.58. The van der Waals surface area contributed by atoms with Crippen molar-refractivity contribution in [2.24, 2.45) is 11.8 Å². The third-order valence-corrected chi connectivity index (χ3v) is 4.66. The van der Waals surface area contributed by atoms with Crippen molar-refractivity contribution in [1.29, 1.82) is 0 Å². The van der Waals surface area contributed by atoms with Crippen LogP contribution in [0.25, 0.3) is 11.1 Å². The third kappa shape index (κ3) is 3.85. The fraction of sp³-hybridized carbons (Fsp3) is 0.316. The van der Waals surface area contributed by atoms with Gasteiger partial charge in [0, 0.05) is 5.02 Å². The molecule has 4 heteroatoms. The van der Waals surface area contributed by atoms with Gasteiger partial charge in [0.1, 0.15) is 5.75 Å². The van der Waals surface area contributed by atoms with Gasteiger partial charge in [0.2, 0.25) is 0 Å². The van der Waals surface area contributed by atoms with E-state index < -0.39 is 5.97 Å². The van der Waals surface area contributed by atoms with Gasteiger partial charge in [-0.15, -0.1) is 0 Å². The Hall–Kier alpha value is -2.00. The molecule has 3 nitrogen and oxygen atoms in total. The molecule has 1 N–H and O–H groups in total. The molecular formula is C19H19ClO3. The lowest BCUT2D eigenvalue weighted by atomic mass is 10.0. The molecule has 0 bridgehead atoms. The largest absolute Gasteiger partial charge is 0.497 e. The Kier molecular flexibility index (Phi) is 4.58. The van der Waals surface area contributed by atoms with Crippen molar-refractivity contribution in [3.05, 3.63) is 53.1 Å². The highest BCUT2D eigenvalue weighted by molar-refractivity contribution is 6.31. The first-order valence-electron chi connectivity index (χ1n) is 7.73. The van der Waals surface area contributed by atoms with Crippen LogP contribution in [-0.2, 0) is 11.2 Å². The molecule has 2 atom stereocenters. The van der Waals surface area contributed by atoms with Crippen LogP contribution in [0.1, 0.15) is 18.4 Å². The Morgan fingerprint density at radius 2 is 1.96 bits per heavy atom. The van der Waals surface area contributed by atoms with Gasteiger partial charge in [-0.3, -0.25) is 4.79 Å². The van der Waals surface area contributed by atoms with Gasteiger partial charge in [0.15, 0.2) is 0 Å². The van der Waals surface area contributed by atoms with Crippen LogP contribution in [0.2, 0.25) is 5.02 Å². The lowest BCUT2D eigenvalue weighted by molar-refractivity contribution is -0.138. The summed E-state index contributed by atoms with van der Waals surface area (Å²) in [5.74, 6) is 0.322. The molecule has 120 valence electrons. The second-order valence-electron chi connectivity index (χ2n) is 6.06. The minimum absolute atomic E-state index is 0.117. The van der Waals surface area contributed by atoms with E-state index >= 15 is 0 Å².